The second-order valence-corrected chi connectivity index (χ2v) is 5.83. The fourth-order valence-corrected chi connectivity index (χ4v) is 2.70. The number of carbonyl (C=O) groups is 2. The van der Waals surface area contributed by atoms with Crippen molar-refractivity contribution in [1.82, 2.24) is 5.16 Å². The first-order chi connectivity index (χ1) is 12.9. The molecule has 0 unspecified atom stereocenters. The molecule has 1 heterocycles. The molecule has 1 amide bonds. The molecule has 2 rings (SSSR count). The number of amides is 1. The number of carbonyl (C=O) groups excluding carboxylic acids is 1. The SMILES string of the molecule is COc1cc([C@H](CC(=O)O)CC(=O)Nc2cc(C)on2)cc(OC)c1OC. The number of aryl methyl sites for hydroxylation is 1. The molecule has 1 atom stereocenters. The predicted molar refractivity (Wildman–Crippen MR) is 95.6 cm³/mol. The number of aromatic nitrogens is 1. The fraction of sp³-hybridized carbons (Fsp3) is 0.389. The lowest BCUT2D eigenvalue weighted by molar-refractivity contribution is -0.137. The van der Waals surface area contributed by atoms with Gasteiger partial charge >= 0.3 is 5.97 Å². The fourth-order valence-electron chi connectivity index (χ4n) is 2.70. The molecule has 1 aromatic heterocycles. The molecule has 2 N–H and O–H groups in total. The van der Waals surface area contributed by atoms with E-state index < -0.39 is 11.9 Å². The van der Waals surface area contributed by atoms with Crippen molar-refractivity contribution < 1.29 is 33.4 Å². The predicted octanol–water partition coefficient (Wildman–Crippen LogP) is 2.60. The number of nitrogens with one attached hydrogen (secondary N) is 1. The number of aliphatic carboxylic acids is 1. The lowest BCUT2D eigenvalue weighted by Crippen LogP contribution is -2.18. The Kier molecular flexibility index (Phi) is 6.64. The van der Waals surface area contributed by atoms with E-state index in [1.807, 2.05) is 0 Å². The third-order valence-corrected chi connectivity index (χ3v) is 3.91. The highest BCUT2D eigenvalue weighted by atomic mass is 16.5. The van der Waals surface area contributed by atoms with Gasteiger partial charge in [-0.3, -0.25) is 9.59 Å². The van der Waals surface area contributed by atoms with Gasteiger partial charge in [0, 0.05) is 18.4 Å². The van der Waals surface area contributed by atoms with Gasteiger partial charge in [-0.25, -0.2) is 0 Å². The van der Waals surface area contributed by atoms with E-state index in [1.165, 1.54) is 21.3 Å². The summed E-state index contributed by atoms with van der Waals surface area (Å²) in [5.74, 6) is -0.0373. The Bertz CT molecular complexity index is 791. The smallest absolute Gasteiger partial charge is 0.303 e. The lowest BCUT2D eigenvalue weighted by atomic mass is 9.91. The minimum absolute atomic E-state index is 0.0726. The molecule has 0 aliphatic rings. The molecule has 27 heavy (non-hydrogen) atoms. The Hall–Kier alpha value is -3.23. The quantitative estimate of drug-likeness (QED) is 0.683. The van der Waals surface area contributed by atoms with Gasteiger partial charge in [0.15, 0.2) is 17.3 Å². The molecule has 0 saturated carbocycles. The molecule has 1 aromatic carbocycles. The van der Waals surface area contributed by atoms with Gasteiger partial charge in [0.2, 0.25) is 11.7 Å². The Labute approximate surface area is 156 Å². The number of benzene rings is 1. The van der Waals surface area contributed by atoms with Gasteiger partial charge in [-0.15, -0.1) is 0 Å². The topological polar surface area (TPSA) is 120 Å². The van der Waals surface area contributed by atoms with Gasteiger partial charge in [-0.1, -0.05) is 5.16 Å². The molecule has 9 nitrogen and oxygen atoms in total. The van der Waals surface area contributed by atoms with Crippen LogP contribution in [0.3, 0.4) is 0 Å². The third-order valence-electron chi connectivity index (χ3n) is 3.91. The third kappa shape index (κ3) is 5.13. The summed E-state index contributed by atoms with van der Waals surface area (Å²) < 4.78 is 20.8. The van der Waals surface area contributed by atoms with Gasteiger partial charge in [0.05, 0.1) is 27.8 Å². The molecule has 146 valence electrons. The second-order valence-electron chi connectivity index (χ2n) is 5.83. The summed E-state index contributed by atoms with van der Waals surface area (Å²) in [5.41, 5.74) is 0.582. The van der Waals surface area contributed by atoms with E-state index in [2.05, 4.69) is 10.5 Å². The molecule has 0 spiro atoms. The molecule has 0 aliphatic heterocycles. The van der Waals surface area contributed by atoms with Gasteiger partial charge < -0.3 is 29.2 Å². The van der Waals surface area contributed by atoms with Crippen LogP contribution in [-0.4, -0.2) is 43.5 Å². The molecular formula is C18H22N2O7. The van der Waals surface area contributed by atoms with Crippen LogP contribution in [0.2, 0.25) is 0 Å². The van der Waals surface area contributed by atoms with Crippen molar-refractivity contribution in [3.63, 3.8) is 0 Å². The van der Waals surface area contributed by atoms with Gasteiger partial charge in [0.1, 0.15) is 5.76 Å². The number of carboxylic acid groups (broad SMARTS) is 1. The maximum absolute atomic E-state index is 12.3. The summed E-state index contributed by atoms with van der Waals surface area (Å²) in [5, 5.41) is 15.5. The van der Waals surface area contributed by atoms with E-state index in [0.29, 0.717) is 28.6 Å². The largest absolute Gasteiger partial charge is 0.493 e. The van der Waals surface area contributed by atoms with Crippen LogP contribution >= 0.6 is 0 Å². The summed E-state index contributed by atoms with van der Waals surface area (Å²) in [6.07, 6.45) is -0.319. The van der Waals surface area contributed by atoms with Crippen molar-refractivity contribution in [2.24, 2.45) is 0 Å². The minimum atomic E-state index is -1.03. The average molecular weight is 378 g/mol. The number of hydrogen-bond donors (Lipinski definition) is 2. The summed E-state index contributed by atoms with van der Waals surface area (Å²) in [4.78, 5) is 23.7. The van der Waals surface area contributed by atoms with Crippen LogP contribution < -0.4 is 19.5 Å². The van der Waals surface area contributed by atoms with Crippen LogP contribution in [0, 0.1) is 6.92 Å². The Morgan fingerprint density at radius 3 is 2.19 bits per heavy atom. The van der Waals surface area contributed by atoms with Gasteiger partial charge in [-0.2, -0.15) is 0 Å². The normalized spacial score (nSPS) is 11.6. The summed E-state index contributed by atoms with van der Waals surface area (Å²) in [6.45, 7) is 1.70. The Balaban J connectivity index is 2.29. The monoisotopic (exact) mass is 378 g/mol. The maximum Gasteiger partial charge on any atom is 0.303 e. The van der Waals surface area contributed by atoms with Crippen molar-refractivity contribution >= 4 is 17.7 Å². The standard InChI is InChI=1S/C18H22N2O7/c1-10-5-15(20-27-10)19-16(21)8-12(9-17(22)23)11-6-13(24-2)18(26-4)14(7-11)25-3/h5-7,12H,8-9H2,1-4H3,(H,22,23)(H,19,20,21)/t12-/m0/s1. The number of anilines is 1. The van der Waals surface area contributed by atoms with E-state index in [-0.39, 0.29) is 24.6 Å². The first-order valence-corrected chi connectivity index (χ1v) is 8.12. The first kappa shape index (κ1) is 20.1. The number of rotatable bonds is 9. The van der Waals surface area contributed by atoms with Gasteiger partial charge in [-0.05, 0) is 24.6 Å². The van der Waals surface area contributed by atoms with Crippen molar-refractivity contribution in [3.05, 3.63) is 29.5 Å². The number of ether oxygens (including phenoxy) is 3. The van der Waals surface area contributed by atoms with Crippen molar-refractivity contribution in [1.29, 1.82) is 0 Å². The van der Waals surface area contributed by atoms with E-state index in [9.17, 15) is 14.7 Å². The van der Waals surface area contributed by atoms with E-state index in [0.717, 1.165) is 0 Å². The molecule has 0 radical (unpaired) electrons. The van der Waals surface area contributed by atoms with Crippen molar-refractivity contribution in [3.8, 4) is 17.2 Å². The zero-order valence-electron chi connectivity index (χ0n) is 15.6. The minimum Gasteiger partial charge on any atom is -0.493 e. The average Bonchev–Trinajstić information content (AvgIpc) is 3.03. The lowest BCUT2D eigenvalue weighted by Gasteiger charge is -2.19. The molecule has 0 saturated heterocycles. The van der Waals surface area contributed by atoms with Crippen LogP contribution in [0.4, 0.5) is 5.82 Å². The number of hydrogen-bond acceptors (Lipinski definition) is 7. The molecule has 9 heteroatoms. The summed E-state index contributed by atoms with van der Waals surface area (Å²) in [6, 6.07) is 4.86. The molecule has 0 bridgehead atoms. The number of carboxylic acids is 1. The van der Waals surface area contributed by atoms with E-state index >= 15 is 0 Å². The van der Waals surface area contributed by atoms with Crippen LogP contribution in [0.15, 0.2) is 22.7 Å². The van der Waals surface area contributed by atoms with E-state index in [1.54, 1.807) is 25.1 Å². The van der Waals surface area contributed by atoms with Crippen molar-refractivity contribution in [2.45, 2.75) is 25.7 Å². The Morgan fingerprint density at radius 1 is 1.11 bits per heavy atom. The summed E-state index contributed by atoms with van der Waals surface area (Å²) >= 11 is 0. The van der Waals surface area contributed by atoms with Crippen LogP contribution in [0.25, 0.3) is 0 Å². The highest BCUT2D eigenvalue weighted by Gasteiger charge is 2.24. The maximum atomic E-state index is 12.3. The molecular weight excluding hydrogens is 356 g/mol. The highest BCUT2D eigenvalue weighted by molar-refractivity contribution is 5.90. The molecule has 2 aromatic rings. The summed E-state index contributed by atoms with van der Waals surface area (Å²) in [7, 11) is 4.40. The zero-order chi connectivity index (χ0) is 20.0. The highest BCUT2D eigenvalue weighted by Crippen LogP contribution is 2.41. The Morgan fingerprint density at radius 2 is 1.74 bits per heavy atom. The molecule has 0 aliphatic carbocycles. The van der Waals surface area contributed by atoms with Crippen LogP contribution in [0.5, 0.6) is 17.2 Å². The number of nitrogens with zero attached hydrogens (tertiary/aromatic N) is 1. The van der Waals surface area contributed by atoms with Crippen LogP contribution in [-0.2, 0) is 9.59 Å². The van der Waals surface area contributed by atoms with Gasteiger partial charge in [0.25, 0.3) is 0 Å². The van der Waals surface area contributed by atoms with Crippen LogP contribution in [0.1, 0.15) is 30.1 Å². The second kappa shape index (κ2) is 8.93. The van der Waals surface area contributed by atoms with Crippen molar-refractivity contribution in [2.75, 3.05) is 26.6 Å². The van der Waals surface area contributed by atoms with E-state index in [4.69, 9.17) is 18.7 Å². The first-order valence-electron chi connectivity index (χ1n) is 8.12. The number of methoxy groups -OCH3 is 3. The zero-order valence-corrected chi connectivity index (χ0v) is 15.6. The molecule has 0 fully saturated rings.